The lowest BCUT2D eigenvalue weighted by molar-refractivity contribution is -0.154. The minimum absolute atomic E-state index is 0.0140. The summed E-state index contributed by atoms with van der Waals surface area (Å²) in [5, 5.41) is 10.2. The highest BCUT2D eigenvalue weighted by Gasteiger charge is 2.76. The molecule has 0 radical (unpaired) electrons. The van der Waals surface area contributed by atoms with Crippen molar-refractivity contribution < 1.29 is 24.2 Å². The first kappa shape index (κ1) is 29.2. The van der Waals surface area contributed by atoms with E-state index in [1.807, 2.05) is 13.8 Å². The van der Waals surface area contributed by atoms with Gasteiger partial charge in [-0.2, -0.15) is 0 Å². The van der Waals surface area contributed by atoms with Crippen LogP contribution in [-0.2, 0) is 19.1 Å². The van der Waals surface area contributed by atoms with Gasteiger partial charge in [0.2, 0.25) is 11.8 Å². The second-order valence-corrected chi connectivity index (χ2v) is 13.3. The van der Waals surface area contributed by atoms with Crippen LogP contribution in [0.25, 0.3) is 0 Å². The number of fused-ring (bicyclic) bond motifs is 1. The first-order valence-corrected chi connectivity index (χ1v) is 14.9. The normalized spacial score (nSPS) is 31.4. The number of esters is 1. The summed E-state index contributed by atoms with van der Waals surface area (Å²) in [6.07, 6.45) is 6.92. The summed E-state index contributed by atoms with van der Waals surface area (Å²) in [7, 11) is 0. The van der Waals surface area contributed by atoms with Crippen molar-refractivity contribution in [2.45, 2.75) is 79.8 Å². The smallest absolute Gasteiger partial charge is 0.310 e. The average Bonchev–Trinajstić information content (AvgIpc) is 3.43. The number of halogens is 1. The Morgan fingerprint density at radius 2 is 2.08 bits per heavy atom. The Bertz CT molecular complexity index is 854. The molecule has 9 heteroatoms. The number of nitrogens with zero attached hydrogens (tertiary/aromatic N) is 2. The maximum Gasteiger partial charge on any atom is 0.310 e. The Morgan fingerprint density at radius 1 is 1.36 bits per heavy atom. The van der Waals surface area contributed by atoms with E-state index in [0.717, 1.165) is 12.8 Å². The Morgan fingerprint density at radius 3 is 2.67 bits per heavy atom. The minimum atomic E-state index is -0.747. The van der Waals surface area contributed by atoms with E-state index >= 15 is 0 Å². The van der Waals surface area contributed by atoms with Gasteiger partial charge < -0.3 is 19.6 Å². The van der Waals surface area contributed by atoms with Gasteiger partial charge in [-0.25, -0.2) is 0 Å². The molecule has 3 saturated heterocycles. The third-order valence-electron chi connectivity index (χ3n) is 7.59. The number of ether oxygens (including phenoxy) is 1. The number of rotatable bonds is 14. The lowest BCUT2D eigenvalue weighted by atomic mass is 9.71. The summed E-state index contributed by atoms with van der Waals surface area (Å²) in [6, 6.07) is -1.24. The molecule has 7 atom stereocenters. The highest BCUT2D eigenvalue weighted by molar-refractivity contribution is 9.09. The number of alkyl halides is 1. The largest absolute Gasteiger partial charge is 0.465 e. The highest BCUT2D eigenvalue weighted by atomic mass is 79.9. The van der Waals surface area contributed by atoms with Crippen molar-refractivity contribution >= 4 is 45.5 Å². The summed E-state index contributed by atoms with van der Waals surface area (Å²) in [5.74, 6) is -1.76. The molecule has 2 bridgehead atoms. The third kappa shape index (κ3) is 5.30. The number of likely N-dealkylation sites (tertiary alicyclic amines) is 1. The number of carbonyl (C=O) groups is 3. The fraction of sp³-hybridized carbons (Fsp3) is 0.741. The molecule has 0 aromatic heterocycles. The van der Waals surface area contributed by atoms with Crippen molar-refractivity contribution in [2.24, 2.45) is 17.8 Å². The molecule has 3 fully saturated rings. The fourth-order valence-electron chi connectivity index (χ4n) is 6.14. The molecule has 0 saturated carbocycles. The lowest BCUT2D eigenvalue weighted by Gasteiger charge is -2.40. The summed E-state index contributed by atoms with van der Waals surface area (Å²) in [4.78, 5) is 45.2. The lowest BCUT2D eigenvalue weighted by Crippen LogP contribution is -2.58. The van der Waals surface area contributed by atoms with Crippen molar-refractivity contribution in [1.82, 2.24) is 9.80 Å². The van der Waals surface area contributed by atoms with Crippen LogP contribution in [-0.4, -0.2) is 85.9 Å². The van der Waals surface area contributed by atoms with Crippen LogP contribution >= 0.6 is 27.7 Å². The molecule has 3 aliphatic rings. The number of hydrogen-bond acceptors (Lipinski definition) is 6. The highest BCUT2D eigenvalue weighted by Crippen LogP contribution is 2.68. The van der Waals surface area contributed by atoms with E-state index in [1.54, 1.807) is 33.7 Å². The number of hydrogen-bond donors (Lipinski definition) is 1. The van der Waals surface area contributed by atoms with E-state index in [0.29, 0.717) is 32.4 Å². The standard InChI is InChI=1S/C27H41BrN2O5S/c1-6-9-12-29(11-8-3)25(33)23-27-15-19(28)22(36-27)20(26(34)35-13-10-7-2)21(27)24(32)30(23)18(16-31)14-17(4)5/h7-8,17-23,31H,2-3,6,9-16H2,1,4-5H3/t18-,19?,20+,21+,22+,23?,27?/m1/s1. The quantitative estimate of drug-likeness (QED) is 0.145. The number of carbonyl (C=O) groups excluding carboxylic acids is 3. The summed E-state index contributed by atoms with van der Waals surface area (Å²) in [6.45, 7) is 14.6. The van der Waals surface area contributed by atoms with Crippen molar-refractivity contribution in [3.8, 4) is 0 Å². The van der Waals surface area contributed by atoms with Gasteiger partial charge >= 0.3 is 5.97 Å². The summed E-state index contributed by atoms with van der Waals surface area (Å²) < 4.78 is 4.82. The molecule has 3 aliphatic heterocycles. The zero-order valence-corrected chi connectivity index (χ0v) is 24.1. The predicted octanol–water partition coefficient (Wildman–Crippen LogP) is 3.79. The Hall–Kier alpha value is -1.32. The van der Waals surface area contributed by atoms with E-state index in [9.17, 15) is 19.5 Å². The van der Waals surface area contributed by atoms with Gasteiger partial charge in [0.05, 0.1) is 35.8 Å². The van der Waals surface area contributed by atoms with Crippen molar-refractivity contribution in [2.75, 3.05) is 26.3 Å². The predicted molar refractivity (Wildman–Crippen MR) is 147 cm³/mol. The summed E-state index contributed by atoms with van der Waals surface area (Å²) in [5.41, 5.74) is 0. The molecule has 3 unspecified atom stereocenters. The molecule has 202 valence electrons. The van der Waals surface area contributed by atoms with Gasteiger partial charge in [0.25, 0.3) is 0 Å². The Balaban J connectivity index is 2.07. The molecular weight excluding hydrogens is 544 g/mol. The maximum absolute atomic E-state index is 14.3. The molecule has 36 heavy (non-hydrogen) atoms. The van der Waals surface area contributed by atoms with Crippen LogP contribution in [0.15, 0.2) is 25.3 Å². The fourth-order valence-corrected chi connectivity index (χ4v) is 9.72. The van der Waals surface area contributed by atoms with Crippen molar-refractivity contribution in [1.29, 1.82) is 0 Å². The number of thioether (sulfide) groups is 1. The van der Waals surface area contributed by atoms with Crippen molar-refractivity contribution in [3.63, 3.8) is 0 Å². The molecular formula is C27H41BrN2O5S. The topological polar surface area (TPSA) is 87.1 Å². The van der Waals surface area contributed by atoms with E-state index in [2.05, 4.69) is 36.0 Å². The zero-order valence-electron chi connectivity index (χ0n) is 21.7. The molecule has 0 aliphatic carbocycles. The van der Waals surface area contributed by atoms with Gasteiger partial charge in [0.1, 0.15) is 6.04 Å². The number of amides is 2. The molecule has 1 spiro atoms. The van der Waals surface area contributed by atoms with E-state index < -0.39 is 28.7 Å². The Kier molecular flexibility index (Phi) is 10.1. The molecule has 3 rings (SSSR count). The monoisotopic (exact) mass is 584 g/mol. The first-order valence-electron chi connectivity index (χ1n) is 13.1. The average molecular weight is 586 g/mol. The van der Waals surface area contributed by atoms with Crippen LogP contribution in [0.2, 0.25) is 0 Å². The van der Waals surface area contributed by atoms with Gasteiger partial charge in [0.15, 0.2) is 0 Å². The number of unbranched alkanes of at least 4 members (excludes halogenated alkanes) is 1. The zero-order chi connectivity index (χ0) is 26.6. The van der Waals surface area contributed by atoms with Gasteiger partial charge in [-0.15, -0.1) is 24.9 Å². The van der Waals surface area contributed by atoms with E-state index in [1.165, 1.54) is 0 Å². The second kappa shape index (κ2) is 12.5. The minimum Gasteiger partial charge on any atom is -0.465 e. The molecule has 0 aromatic rings. The SMILES string of the molecule is C=CCCOC(=O)[C@H]1[C@H]2C(=O)N([C@@H](CO)CC(C)C)C(C(=O)N(CC=C)CCCC)C23CC(Br)[C@@H]1S3. The van der Waals surface area contributed by atoms with Crippen molar-refractivity contribution in [3.05, 3.63) is 25.3 Å². The number of aliphatic hydroxyl groups is 1. The van der Waals surface area contributed by atoms with Crippen LogP contribution in [0.4, 0.5) is 0 Å². The maximum atomic E-state index is 14.3. The van der Waals surface area contributed by atoms with Gasteiger partial charge in [-0.3, -0.25) is 14.4 Å². The Labute approximate surface area is 228 Å². The second-order valence-electron chi connectivity index (χ2n) is 10.5. The summed E-state index contributed by atoms with van der Waals surface area (Å²) >= 11 is 5.37. The van der Waals surface area contributed by atoms with Gasteiger partial charge in [-0.1, -0.05) is 55.3 Å². The van der Waals surface area contributed by atoms with E-state index in [-0.39, 0.29) is 47.0 Å². The molecule has 1 N–H and O–H groups in total. The molecule has 0 aromatic carbocycles. The number of aliphatic hydroxyl groups excluding tert-OH is 1. The van der Waals surface area contributed by atoms with Crippen LogP contribution in [0.3, 0.4) is 0 Å². The van der Waals surface area contributed by atoms with E-state index in [4.69, 9.17) is 4.74 Å². The van der Waals surface area contributed by atoms with Gasteiger partial charge in [-0.05, 0) is 31.6 Å². The molecule has 3 heterocycles. The van der Waals surface area contributed by atoms with Crippen LogP contribution in [0.1, 0.15) is 52.9 Å². The van der Waals surface area contributed by atoms with Crippen LogP contribution in [0.5, 0.6) is 0 Å². The van der Waals surface area contributed by atoms with Crippen LogP contribution in [0, 0.1) is 17.8 Å². The van der Waals surface area contributed by atoms with Crippen LogP contribution < -0.4 is 0 Å². The van der Waals surface area contributed by atoms with Gasteiger partial charge in [0, 0.05) is 23.2 Å². The first-order chi connectivity index (χ1) is 17.2. The third-order valence-corrected chi connectivity index (χ3v) is 10.8. The molecule has 2 amide bonds. The molecule has 7 nitrogen and oxygen atoms in total.